The number of rotatable bonds is 5. The van der Waals surface area contributed by atoms with Crippen molar-refractivity contribution in [2.24, 2.45) is 0 Å². The molecule has 6 heteroatoms. The number of carbonyl (C=O) groups is 1. The number of hydrogen-bond acceptors (Lipinski definition) is 5. The molecule has 0 aliphatic carbocycles. The van der Waals surface area contributed by atoms with Crippen LogP contribution in [0.25, 0.3) is 0 Å². The Labute approximate surface area is 158 Å². The molecule has 0 fully saturated rings. The van der Waals surface area contributed by atoms with E-state index in [0.29, 0.717) is 17.0 Å². The van der Waals surface area contributed by atoms with E-state index in [4.69, 9.17) is 4.74 Å². The third-order valence-corrected chi connectivity index (χ3v) is 5.95. The number of amides is 1. The molecule has 2 aromatic rings. The van der Waals surface area contributed by atoms with Crippen molar-refractivity contribution >= 4 is 22.2 Å². The minimum Gasteiger partial charge on any atom is -0.497 e. The lowest BCUT2D eigenvalue weighted by atomic mass is 9.93. The summed E-state index contributed by atoms with van der Waals surface area (Å²) in [5.41, 5.74) is 3.96. The molecule has 136 valence electrons. The molecule has 0 spiro atoms. The van der Waals surface area contributed by atoms with Gasteiger partial charge in [0.2, 0.25) is 5.91 Å². The minimum atomic E-state index is -0.0669. The van der Waals surface area contributed by atoms with E-state index in [0.717, 1.165) is 46.8 Å². The van der Waals surface area contributed by atoms with Crippen LogP contribution in [-0.4, -0.2) is 19.6 Å². The van der Waals surface area contributed by atoms with Gasteiger partial charge in [0.05, 0.1) is 12.7 Å². The van der Waals surface area contributed by atoms with Gasteiger partial charge in [0.1, 0.15) is 16.8 Å². The van der Waals surface area contributed by atoms with Crippen LogP contribution >= 0.6 is 11.3 Å². The maximum Gasteiger partial charge on any atom is 0.225 e. The highest BCUT2D eigenvalue weighted by molar-refractivity contribution is 7.16. The number of nitriles is 1. The van der Waals surface area contributed by atoms with Crippen LogP contribution in [0, 0.1) is 18.3 Å². The van der Waals surface area contributed by atoms with Gasteiger partial charge < -0.3 is 15.4 Å². The molecular weight excluding hydrogens is 346 g/mol. The predicted octanol–water partition coefficient (Wildman–Crippen LogP) is 3.71. The third-order valence-electron chi connectivity index (χ3n) is 4.80. The average Bonchev–Trinajstić information content (AvgIpc) is 2.98. The molecule has 0 bridgehead atoms. The van der Waals surface area contributed by atoms with E-state index in [1.807, 2.05) is 32.0 Å². The van der Waals surface area contributed by atoms with Crippen molar-refractivity contribution in [3.63, 3.8) is 0 Å². The fourth-order valence-corrected chi connectivity index (χ4v) is 4.57. The number of ether oxygens (including phenoxy) is 1. The van der Waals surface area contributed by atoms with E-state index in [1.165, 1.54) is 11.3 Å². The van der Waals surface area contributed by atoms with Crippen LogP contribution in [0.4, 0.5) is 5.00 Å². The Bertz CT molecular complexity index is 867. The maximum atomic E-state index is 12.6. The fraction of sp³-hybridized carbons (Fsp3) is 0.400. The zero-order valence-electron chi connectivity index (χ0n) is 15.3. The molecule has 1 aliphatic rings. The fourth-order valence-electron chi connectivity index (χ4n) is 3.38. The lowest BCUT2D eigenvalue weighted by Crippen LogP contribution is -2.22. The number of aryl methyl sites for hydroxylation is 1. The van der Waals surface area contributed by atoms with Gasteiger partial charge in [-0.1, -0.05) is 13.0 Å². The molecule has 1 atom stereocenters. The second-order valence-corrected chi connectivity index (χ2v) is 7.73. The number of fused-ring (bicyclic) bond motifs is 1. The SMILES string of the molecule is COc1ccc(C)c([C@@H](C)CC(=O)Nc2sc3c(c2C#N)CCNC3)c1. The summed E-state index contributed by atoms with van der Waals surface area (Å²) in [6.07, 6.45) is 1.20. The number of hydrogen-bond donors (Lipinski definition) is 2. The van der Waals surface area contributed by atoms with Crippen LogP contribution in [0.3, 0.4) is 0 Å². The quantitative estimate of drug-likeness (QED) is 0.842. The normalized spacial score (nSPS) is 14.2. The predicted molar refractivity (Wildman–Crippen MR) is 104 cm³/mol. The van der Waals surface area contributed by atoms with E-state index in [2.05, 4.69) is 16.7 Å². The van der Waals surface area contributed by atoms with Gasteiger partial charge in [-0.05, 0) is 54.6 Å². The highest BCUT2D eigenvalue weighted by Crippen LogP contribution is 2.35. The summed E-state index contributed by atoms with van der Waals surface area (Å²) >= 11 is 1.51. The Morgan fingerprint density at radius 2 is 2.31 bits per heavy atom. The van der Waals surface area contributed by atoms with Crippen molar-refractivity contribution in [3.05, 3.63) is 45.3 Å². The van der Waals surface area contributed by atoms with Gasteiger partial charge in [-0.15, -0.1) is 11.3 Å². The Morgan fingerprint density at radius 3 is 3.04 bits per heavy atom. The summed E-state index contributed by atoms with van der Waals surface area (Å²) in [6, 6.07) is 8.20. The van der Waals surface area contributed by atoms with Crippen molar-refractivity contribution in [1.29, 1.82) is 5.26 Å². The van der Waals surface area contributed by atoms with Crippen molar-refractivity contribution in [1.82, 2.24) is 5.32 Å². The summed E-state index contributed by atoms with van der Waals surface area (Å²) in [5.74, 6) is 0.790. The number of anilines is 1. The molecule has 1 aromatic heterocycles. The Morgan fingerprint density at radius 1 is 1.50 bits per heavy atom. The maximum absolute atomic E-state index is 12.6. The molecule has 0 saturated carbocycles. The molecule has 1 aliphatic heterocycles. The summed E-state index contributed by atoms with van der Waals surface area (Å²) in [5, 5.41) is 16.5. The van der Waals surface area contributed by atoms with Crippen LogP contribution in [0.15, 0.2) is 18.2 Å². The molecule has 0 radical (unpaired) electrons. The number of nitrogens with zero attached hydrogens (tertiary/aromatic N) is 1. The molecule has 0 unspecified atom stereocenters. The summed E-state index contributed by atoms with van der Waals surface area (Å²) in [7, 11) is 1.64. The lowest BCUT2D eigenvalue weighted by Gasteiger charge is -2.15. The summed E-state index contributed by atoms with van der Waals surface area (Å²) < 4.78 is 5.30. The number of thiophene rings is 1. The topological polar surface area (TPSA) is 74.1 Å². The molecule has 3 rings (SSSR count). The van der Waals surface area contributed by atoms with Crippen molar-refractivity contribution in [3.8, 4) is 11.8 Å². The molecule has 0 saturated heterocycles. The second-order valence-electron chi connectivity index (χ2n) is 6.62. The van der Waals surface area contributed by atoms with Crippen molar-refractivity contribution in [2.45, 2.75) is 39.2 Å². The zero-order chi connectivity index (χ0) is 18.7. The first-order chi connectivity index (χ1) is 12.5. The first kappa shape index (κ1) is 18.4. The van der Waals surface area contributed by atoms with E-state index < -0.39 is 0 Å². The van der Waals surface area contributed by atoms with Crippen LogP contribution in [0.5, 0.6) is 5.75 Å². The van der Waals surface area contributed by atoms with Crippen LogP contribution in [-0.2, 0) is 17.8 Å². The van der Waals surface area contributed by atoms with Gasteiger partial charge in [-0.2, -0.15) is 5.26 Å². The monoisotopic (exact) mass is 369 g/mol. The van der Waals surface area contributed by atoms with Gasteiger partial charge in [0.15, 0.2) is 0 Å². The lowest BCUT2D eigenvalue weighted by molar-refractivity contribution is -0.116. The highest BCUT2D eigenvalue weighted by atomic mass is 32.1. The summed E-state index contributed by atoms with van der Waals surface area (Å²) in [4.78, 5) is 13.7. The Kier molecular flexibility index (Phi) is 5.60. The van der Waals surface area contributed by atoms with E-state index in [9.17, 15) is 10.1 Å². The van der Waals surface area contributed by atoms with Crippen LogP contribution in [0.2, 0.25) is 0 Å². The van der Waals surface area contributed by atoms with E-state index in [1.54, 1.807) is 7.11 Å². The van der Waals surface area contributed by atoms with Crippen LogP contribution < -0.4 is 15.4 Å². The number of benzene rings is 1. The van der Waals surface area contributed by atoms with Crippen molar-refractivity contribution in [2.75, 3.05) is 19.0 Å². The molecule has 1 amide bonds. The van der Waals surface area contributed by atoms with Gasteiger partial charge in [0, 0.05) is 17.8 Å². The first-order valence-corrected chi connectivity index (χ1v) is 9.54. The molecule has 2 N–H and O–H groups in total. The molecular formula is C20H23N3O2S. The van der Waals surface area contributed by atoms with Gasteiger partial charge >= 0.3 is 0 Å². The molecule has 1 aromatic carbocycles. The smallest absolute Gasteiger partial charge is 0.225 e. The summed E-state index contributed by atoms with van der Waals surface area (Å²) in [6.45, 7) is 5.72. The number of carbonyl (C=O) groups excluding carboxylic acids is 1. The Balaban J connectivity index is 1.73. The Hall–Kier alpha value is -2.36. The molecule has 26 heavy (non-hydrogen) atoms. The van der Waals surface area contributed by atoms with E-state index >= 15 is 0 Å². The van der Waals surface area contributed by atoms with Crippen molar-refractivity contribution < 1.29 is 9.53 Å². The highest BCUT2D eigenvalue weighted by Gasteiger charge is 2.22. The van der Waals surface area contributed by atoms with Gasteiger partial charge in [-0.25, -0.2) is 0 Å². The number of nitrogens with one attached hydrogen (secondary N) is 2. The first-order valence-electron chi connectivity index (χ1n) is 8.73. The van der Waals surface area contributed by atoms with Gasteiger partial charge in [0.25, 0.3) is 0 Å². The standard InChI is InChI=1S/C20H23N3O2S/c1-12-4-5-14(25-3)9-16(12)13(2)8-19(24)23-20-17(10-21)15-6-7-22-11-18(15)26-20/h4-5,9,13,22H,6-8,11H2,1-3H3,(H,23,24)/t13-/m0/s1. The molecule has 2 heterocycles. The minimum absolute atomic E-state index is 0.0619. The second kappa shape index (κ2) is 7.90. The number of methoxy groups -OCH3 is 1. The van der Waals surface area contributed by atoms with Gasteiger partial charge in [-0.3, -0.25) is 4.79 Å². The third kappa shape index (κ3) is 3.74. The average molecular weight is 369 g/mol. The van der Waals surface area contributed by atoms with Crippen LogP contribution in [0.1, 0.15) is 46.4 Å². The zero-order valence-corrected chi connectivity index (χ0v) is 16.1. The molecule has 5 nitrogen and oxygen atoms in total. The van der Waals surface area contributed by atoms with E-state index in [-0.39, 0.29) is 11.8 Å². The largest absolute Gasteiger partial charge is 0.497 e.